The fourth-order valence-corrected chi connectivity index (χ4v) is 2.52. The predicted molar refractivity (Wildman–Crippen MR) is 97.0 cm³/mol. The minimum absolute atomic E-state index is 0.0504. The van der Waals surface area contributed by atoms with E-state index in [1.807, 2.05) is 43.3 Å². The quantitative estimate of drug-likeness (QED) is 0.860. The average Bonchev–Trinajstić information content (AvgIpc) is 2.56. The third-order valence-corrected chi connectivity index (χ3v) is 4.22. The third kappa shape index (κ3) is 5.10. The van der Waals surface area contributed by atoms with Crippen LogP contribution < -0.4 is 5.32 Å². The Hall–Kier alpha value is -2.33. The number of nitrogens with zero attached hydrogens (tertiary/aromatic N) is 1. The summed E-state index contributed by atoms with van der Waals surface area (Å²) in [5.74, 6) is -0.190. The number of amides is 2. The lowest BCUT2D eigenvalue weighted by Crippen LogP contribution is -2.31. The molecule has 0 aliphatic heterocycles. The van der Waals surface area contributed by atoms with Crippen LogP contribution in [0.5, 0.6) is 0 Å². The van der Waals surface area contributed by atoms with Crippen LogP contribution >= 0.6 is 11.6 Å². The van der Waals surface area contributed by atoms with E-state index >= 15 is 0 Å². The summed E-state index contributed by atoms with van der Waals surface area (Å²) in [5, 5.41) is 3.46. The Balaban J connectivity index is 1.93. The molecule has 0 bridgehead atoms. The predicted octanol–water partition coefficient (Wildman–Crippen LogP) is 4.03. The van der Waals surface area contributed by atoms with Crippen LogP contribution in [-0.4, -0.2) is 23.3 Å². The number of benzene rings is 2. The molecule has 0 atom stereocenters. The molecule has 2 aromatic rings. The van der Waals surface area contributed by atoms with E-state index in [1.165, 1.54) is 6.92 Å². The van der Waals surface area contributed by atoms with Gasteiger partial charge in [-0.15, -0.1) is 0 Å². The molecule has 126 valence electrons. The van der Waals surface area contributed by atoms with Crippen molar-refractivity contribution in [2.24, 2.45) is 0 Å². The average molecular weight is 345 g/mol. The standard InChI is InChI=1S/C19H21ClN2O2/c1-14-17(20)9-6-10-18(14)21-19(24)11-12-22(15(2)23)13-16-7-4-3-5-8-16/h3-10H,11-13H2,1-2H3,(H,21,24). The van der Waals surface area contributed by atoms with Gasteiger partial charge in [-0.25, -0.2) is 0 Å². The van der Waals surface area contributed by atoms with E-state index in [9.17, 15) is 9.59 Å². The zero-order valence-electron chi connectivity index (χ0n) is 13.9. The van der Waals surface area contributed by atoms with Crippen LogP contribution in [0.4, 0.5) is 5.69 Å². The summed E-state index contributed by atoms with van der Waals surface area (Å²) in [6.45, 7) is 4.24. The van der Waals surface area contributed by atoms with Gasteiger partial charge in [-0.3, -0.25) is 9.59 Å². The smallest absolute Gasteiger partial charge is 0.226 e. The summed E-state index contributed by atoms with van der Waals surface area (Å²) in [4.78, 5) is 25.6. The van der Waals surface area contributed by atoms with Crippen LogP contribution in [0.25, 0.3) is 0 Å². The Morgan fingerprint density at radius 2 is 1.79 bits per heavy atom. The number of rotatable bonds is 6. The molecule has 0 aliphatic rings. The molecule has 1 N–H and O–H groups in total. The van der Waals surface area contributed by atoms with Gasteiger partial charge in [-0.05, 0) is 30.2 Å². The number of hydrogen-bond acceptors (Lipinski definition) is 2. The number of nitrogens with one attached hydrogen (secondary N) is 1. The summed E-state index contributed by atoms with van der Waals surface area (Å²) in [5.41, 5.74) is 2.57. The Labute approximate surface area is 147 Å². The highest BCUT2D eigenvalue weighted by Gasteiger charge is 2.13. The first-order valence-corrected chi connectivity index (χ1v) is 8.19. The zero-order chi connectivity index (χ0) is 17.5. The molecule has 0 heterocycles. The van der Waals surface area contributed by atoms with Crippen LogP contribution in [0.2, 0.25) is 5.02 Å². The minimum atomic E-state index is -0.139. The maximum Gasteiger partial charge on any atom is 0.226 e. The van der Waals surface area contributed by atoms with Gasteiger partial charge in [0, 0.05) is 37.1 Å². The lowest BCUT2D eigenvalue weighted by atomic mass is 10.2. The van der Waals surface area contributed by atoms with Crippen molar-refractivity contribution in [3.63, 3.8) is 0 Å². The van der Waals surface area contributed by atoms with Crippen LogP contribution in [0.1, 0.15) is 24.5 Å². The van der Waals surface area contributed by atoms with E-state index in [2.05, 4.69) is 5.32 Å². The highest BCUT2D eigenvalue weighted by Crippen LogP contribution is 2.23. The van der Waals surface area contributed by atoms with Crippen molar-refractivity contribution in [1.29, 1.82) is 0 Å². The van der Waals surface area contributed by atoms with Gasteiger partial charge in [0.2, 0.25) is 11.8 Å². The lowest BCUT2D eigenvalue weighted by molar-refractivity contribution is -0.129. The Kier molecular flexibility index (Phi) is 6.38. The molecule has 0 saturated carbocycles. The Bertz CT molecular complexity index is 717. The van der Waals surface area contributed by atoms with Gasteiger partial charge >= 0.3 is 0 Å². The SMILES string of the molecule is CC(=O)N(CCC(=O)Nc1cccc(Cl)c1C)Cc1ccccc1. The summed E-state index contributed by atoms with van der Waals surface area (Å²) in [7, 11) is 0. The van der Waals surface area contributed by atoms with E-state index in [0.717, 1.165) is 11.1 Å². The largest absolute Gasteiger partial charge is 0.338 e. The van der Waals surface area contributed by atoms with Gasteiger partial charge in [-0.2, -0.15) is 0 Å². The highest BCUT2D eigenvalue weighted by atomic mass is 35.5. The van der Waals surface area contributed by atoms with Crippen molar-refractivity contribution in [3.8, 4) is 0 Å². The lowest BCUT2D eigenvalue weighted by Gasteiger charge is -2.21. The zero-order valence-corrected chi connectivity index (χ0v) is 14.6. The van der Waals surface area contributed by atoms with E-state index in [-0.39, 0.29) is 18.2 Å². The first kappa shape index (κ1) is 18.0. The molecular weight excluding hydrogens is 324 g/mol. The van der Waals surface area contributed by atoms with Gasteiger partial charge in [0.25, 0.3) is 0 Å². The molecule has 0 spiro atoms. The molecule has 2 rings (SSSR count). The molecule has 0 unspecified atom stereocenters. The molecule has 0 saturated heterocycles. The van der Waals surface area contributed by atoms with Gasteiger partial charge in [0.05, 0.1) is 0 Å². The molecule has 2 amide bonds. The van der Waals surface area contributed by atoms with Crippen LogP contribution in [0, 0.1) is 6.92 Å². The Morgan fingerprint density at radius 1 is 1.08 bits per heavy atom. The summed E-state index contributed by atoms with van der Waals surface area (Å²) in [6, 6.07) is 15.1. The van der Waals surface area contributed by atoms with Crippen molar-refractivity contribution >= 4 is 29.1 Å². The van der Waals surface area contributed by atoms with Gasteiger partial charge in [-0.1, -0.05) is 48.0 Å². The molecule has 24 heavy (non-hydrogen) atoms. The van der Waals surface area contributed by atoms with Crippen molar-refractivity contribution < 1.29 is 9.59 Å². The second-order valence-corrected chi connectivity index (χ2v) is 6.04. The van der Waals surface area contributed by atoms with Gasteiger partial charge in [0.1, 0.15) is 0 Å². The fraction of sp³-hybridized carbons (Fsp3) is 0.263. The second kappa shape index (κ2) is 8.50. The van der Waals surface area contributed by atoms with Crippen molar-refractivity contribution in [2.75, 3.05) is 11.9 Å². The molecule has 0 aliphatic carbocycles. The first-order chi connectivity index (χ1) is 11.5. The number of hydrogen-bond donors (Lipinski definition) is 1. The summed E-state index contributed by atoms with van der Waals surface area (Å²) in [6.07, 6.45) is 0.234. The van der Waals surface area contributed by atoms with E-state index in [4.69, 9.17) is 11.6 Å². The second-order valence-electron chi connectivity index (χ2n) is 5.64. The normalized spacial score (nSPS) is 10.3. The van der Waals surface area contributed by atoms with E-state index in [0.29, 0.717) is 23.8 Å². The molecule has 4 nitrogen and oxygen atoms in total. The first-order valence-electron chi connectivity index (χ1n) is 7.82. The summed E-state index contributed by atoms with van der Waals surface area (Å²) >= 11 is 6.05. The van der Waals surface area contributed by atoms with E-state index in [1.54, 1.807) is 17.0 Å². The van der Waals surface area contributed by atoms with Crippen LogP contribution in [-0.2, 0) is 16.1 Å². The van der Waals surface area contributed by atoms with Crippen molar-refractivity contribution in [3.05, 3.63) is 64.7 Å². The van der Waals surface area contributed by atoms with Crippen LogP contribution in [0.15, 0.2) is 48.5 Å². The van der Waals surface area contributed by atoms with E-state index < -0.39 is 0 Å². The number of carbonyl (C=O) groups is 2. The topological polar surface area (TPSA) is 49.4 Å². The molecule has 0 radical (unpaired) electrons. The minimum Gasteiger partial charge on any atom is -0.338 e. The number of carbonyl (C=O) groups excluding carboxylic acids is 2. The van der Waals surface area contributed by atoms with Crippen molar-refractivity contribution in [2.45, 2.75) is 26.8 Å². The van der Waals surface area contributed by atoms with Crippen LogP contribution in [0.3, 0.4) is 0 Å². The summed E-state index contributed by atoms with van der Waals surface area (Å²) < 4.78 is 0. The maximum atomic E-state index is 12.2. The maximum absolute atomic E-state index is 12.2. The number of anilines is 1. The molecule has 2 aromatic carbocycles. The number of halogens is 1. The molecular formula is C19H21ClN2O2. The molecule has 0 aromatic heterocycles. The third-order valence-electron chi connectivity index (χ3n) is 3.81. The van der Waals surface area contributed by atoms with Gasteiger partial charge in [0.15, 0.2) is 0 Å². The fourth-order valence-electron chi connectivity index (χ4n) is 2.34. The molecule has 5 heteroatoms. The van der Waals surface area contributed by atoms with Gasteiger partial charge < -0.3 is 10.2 Å². The molecule has 0 fully saturated rings. The van der Waals surface area contributed by atoms with Crippen molar-refractivity contribution in [1.82, 2.24) is 4.90 Å². The monoisotopic (exact) mass is 344 g/mol. The Morgan fingerprint density at radius 3 is 2.46 bits per heavy atom. The highest BCUT2D eigenvalue weighted by molar-refractivity contribution is 6.31.